The summed E-state index contributed by atoms with van der Waals surface area (Å²) in [6, 6.07) is 22.6. The molecule has 5 nitrogen and oxygen atoms in total. The van der Waals surface area contributed by atoms with E-state index in [1.54, 1.807) is 7.05 Å². The average Bonchev–Trinajstić information content (AvgIpc) is 3.44. The van der Waals surface area contributed by atoms with Crippen molar-refractivity contribution in [3.63, 3.8) is 0 Å². The van der Waals surface area contributed by atoms with Crippen LogP contribution >= 0.6 is 59.4 Å². The van der Waals surface area contributed by atoms with Gasteiger partial charge in [0.2, 0.25) is 0 Å². The third kappa shape index (κ3) is 6.84. The van der Waals surface area contributed by atoms with Gasteiger partial charge in [0.15, 0.2) is 5.13 Å². The number of anilines is 2. The molecule has 0 radical (unpaired) electrons. The Hall–Kier alpha value is -2.48. The van der Waals surface area contributed by atoms with Crippen LogP contribution in [0.25, 0.3) is 0 Å². The van der Waals surface area contributed by atoms with Gasteiger partial charge in [0.25, 0.3) is 5.91 Å². The minimum absolute atomic E-state index is 0. The number of nitrogens with one attached hydrogen (secondary N) is 1. The standard InChI is InChI=1S/C32H34Cl2N4OS.2ClH/c1-3-21(22-12-13-26(33)27(34)19-22)18-25-24(30(39)36-2)10-7-11-28(25)38-16-14-32(15-17-38,23-8-5-4-6-9-23)29-20-40-31(35)37-29;;/h4-13,19-21H,3,14-18H2,1-2H3,(H2,35,37)(H,36,39);2*1H. The summed E-state index contributed by atoms with van der Waals surface area (Å²) in [7, 11) is 1.68. The molecule has 224 valence electrons. The Kier molecular flexibility index (Phi) is 12.0. The lowest BCUT2D eigenvalue weighted by Crippen LogP contribution is -2.44. The Morgan fingerprint density at radius 2 is 1.76 bits per heavy atom. The van der Waals surface area contributed by atoms with Gasteiger partial charge in [-0.2, -0.15) is 0 Å². The van der Waals surface area contributed by atoms with Crippen molar-refractivity contribution in [3.05, 3.63) is 110 Å². The number of thiazole rings is 1. The highest BCUT2D eigenvalue weighted by Gasteiger charge is 2.40. The van der Waals surface area contributed by atoms with E-state index < -0.39 is 0 Å². The van der Waals surface area contributed by atoms with Gasteiger partial charge in [0.1, 0.15) is 0 Å². The second-order valence-corrected chi connectivity index (χ2v) is 12.1. The molecule has 1 unspecified atom stereocenters. The molecule has 0 spiro atoms. The number of nitrogens with two attached hydrogens (primary N) is 1. The van der Waals surface area contributed by atoms with Crippen molar-refractivity contribution in [2.75, 3.05) is 30.8 Å². The Labute approximate surface area is 274 Å². The molecule has 1 atom stereocenters. The van der Waals surface area contributed by atoms with Crippen LogP contribution < -0.4 is 16.0 Å². The second kappa shape index (κ2) is 14.8. The minimum Gasteiger partial charge on any atom is -0.375 e. The van der Waals surface area contributed by atoms with E-state index in [1.165, 1.54) is 16.9 Å². The Balaban J connectivity index is 0.00000242. The first-order valence-electron chi connectivity index (χ1n) is 13.7. The highest BCUT2D eigenvalue weighted by molar-refractivity contribution is 7.13. The van der Waals surface area contributed by atoms with Crippen LogP contribution in [0.3, 0.4) is 0 Å². The maximum atomic E-state index is 13.1. The van der Waals surface area contributed by atoms with Gasteiger partial charge in [-0.15, -0.1) is 36.2 Å². The van der Waals surface area contributed by atoms with Crippen molar-refractivity contribution in [2.24, 2.45) is 0 Å². The summed E-state index contributed by atoms with van der Waals surface area (Å²) in [6.45, 7) is 3.84. The molecule has 10 heteroatoms. The van der Waals surface area contributed by atoms with E-state index in [9.17, 15) is 4.79 Å². The number of nitrogens with zero attached hydrogens (tertiary/aromatic N) is 2. The molecule has 2 heterocycles. The topological polar surface area (TPSA) is 71.2 Å². The summed E-state index contributed by atoms with van der Waals surface area (Å²) in [5.74, 6) is 0.111. The van der Waals surface area contributed by atoms with E-state index in [2.05, 4.69) is 58.9 Å². The van der Waals surface area contributed by atoms with Crippen molar-refractivity contribution in [1.29, 1.82) is 0 Å². The van der Waals surface area contributed by atoms with E-state index in [0.717, 1.165) is 61.3 Å². The van der Waals surface area contributed by atoms with Crippen LogP contribution in [0.4, 0.5) is 10.8 Å². The third-order valence-corrected chi connectivity index (χ3v) is 9.69. The van der Waals surface area contributed by atoms with Crippen LogP contribution in [0.15, 0.2) is 72.1 Å². The van der Waals surface area contributed by atoms with Gasteiger partial charge >= 0.3 is 0 Å². The molecule has 4 aromatic rings. The molecule has 0 bridgehead atoms. The molecular formula is C32H36Cl4N4OS. The zero-order valence-corrected chi connectivity index (χ0v) is 27.6. The summed E-state index contributed by atoms with van der Waals surface area (Å²) < 4.78 is 0. The van der Waals surface area contributed by atoms with Crippen molar-refractivity contribution in [2.45, 2.75) is 43.9 Å². The van der Waals surface area contributed by atoms with E-state index in [-0.39, 0.29) is 42.1 Å². The smallest absolute Gasteiger partial charge is 0.251 e. The van der Waals surface area contributed by atoms with Crippen LogP contribution in [0.5, 0.6) is 0 Å². The lowest BCUT2D eigenvalue weighted by atomic mass is 9.70. The maximum absolute atomic E-state index is 13.1. The van der Waals surface area contributed by atoms with Crippen molar-refractivity contribution >= 4 is 76.1 Å². The molecule has 3 N–H and O–H groups in total. The predicted octanol–water partition coefficient (Wildman–Crippen LogP) is 8.56. The third-order valence-electron chi connectivity index (χ3n) is 8.28. The number of hydrogen-bond acceptors (Lipinski definition) is 5. The number of piperidine rings is 1. The molecule has 42 heavy (non-hydrogen) atoms. The molecule has 1 aliphatic rings. The summed E-state index contributed by atoms with van der Waals surface area (Å²) in [6.07, 6.45) is 3.42. The lowest BCUT2D eigenvalue weighted by Gasteiger charge is -2.43. The average molecular weight is 667 g/mol. The predicted molar refractivity (Wildman–Crippen MR) is 183 cm³/mol. The number of carbonyl (C=O) groups is 1. The van der Waals surface area contributed by atoms with Gasteiger partial charge in [-0.25, -0.2) is 4.98 Å². The first kappa shape index (κ1) is 34.0. The first-order chi connectivity index (χ1) is 19.4. The van der Waals surface area contributed by atoms with Crippen LogP contribution in [0, 0.1) is 0 Å². The van der Waals surface area contributed by atoms with Gasteiger partial charge in [-0.1, -0.05) is 72.6 Å². The van der Waals surface area contributed by atoms with Gasteiger partial charge in [0.05, 0.1) is 15.7 Å². The molecule has 5 rings (SSSR count). The second-order valence-electron chi connectivity index (χ2n) is 10.4. The van der Waals surface area contributed by atoms with E-state index in [4.69, 9.17) is 33.9 Å². The van der Waals surface area contributed by atoms with Gasteiger partial charge in [-0.3, -0.25) is 4.79 Å². The molecule has 1 amide bonds. The van der Waals surface area contributed by atoms with Gasteiger partial charge in [0, 0.05) is 42.2 Å². The zero-order valence-electron chi connectivity index (χ0n) is 23.6. The Morgan fingerprint density at radius 1 is 1.05 bits per heavy atom. The number of aromatic nitrogens is 1. The molecule has 1 saturated heterocycles. The number of halogens is 4. The van der Waals surface area contributed by atoms with E-state index in [0.29, 0.717) is 20.7 Å². The number of amides is 1. The largest absolute Gasteiger partial charge is 0.375 e. The van der Waals surface area contributed by atoms with E-state index in [1.807, 2.05) is 30.3 Å². The van der Waals surface area contributed by atoms with Crippen LogP contribution in [0.2, 0.25) is 10.0 Å². The maximum Gasteiger partial charge on any atom is 0.251 e. The number of hydrogen-bond donors (Lipinski definition) is 2. The van der Waals surface area contributed by atoms with Crippen molar-refractivity contribution in [3.8, 4) is 0 Å². The van der Waals surface area contributed by atoms with E-state index >= 15 is 0 Å². The number of rotatable bonds is 8. The van der Waals surface area contributed by atoms with Gasteiger partial charge in [-0.05, 0) is 72.6 Å². The fourth-order valence-electron chi connectivity index (χ4n) is 6.03. The van der Waals surface area contributed by atoms with Crippen LogP contribution in [-0.2, 0) is 11.8 Å². The minimum atomic E-state index is -0.198. The first-order valence-corrected chi connectivity index (χ1v) is 15.3. The molecule has 0 saturated carbocycles. The Morgan fingerprint density at radius 3 is 2.36 bits per heavy atom. The highest BCUT2D eigenvalue weighted by atomic mass is 35.5. The van der Waals surface area contributed by atoms with Crippen LogP contribution in [-0.4, -0.2) is 31.0 Å². The normalized spacial score (nSPS) is 14.8. The molecule has 1 aromatic heterocycles. The van der Waals surface area contributed by atoms with Crippen molar-refractivity contribution in [1.82, 2.24) is 10.3 Å². The SMILES string of the molecule is CCC(Cc1c(C(=O)NC)cccc1N1CCC(c2ccccc2)(c2csc(N)n2)CC1)c1ccc(Cl)c(Cl)c1.Cl.Cl. The van der Waals surface area contributed by atoms with Crippen LogP contribution in [0.1, 0.15) is 64.8 Å². The van der Waals surface area contributed by atoms with Crippen molar-refractivity contribution < 1.29 is 4.79 Å². The number of nitrogen functional groups attached to an aromatic ring is 1. The molecule has 3 aromatic carbocycles. The number of benzene rings is 3. The Bertz CT molecular complexity index is 1490. The van der Waals surface area contributed by atoms with Gasteiger partial charge < -0.3 is 16.0 Å². The summed E-state index contributed by atoms with van der Waals surface area (Å²) >= 11 is 14.1. The number of carbonyl (C=O) groups excluding carboxylic acids is 1. The molecular weight excluding hydrogens is 630 g/mol. The highest BCUT2D eigenvalue weighted by Crippen LogP contribution is 2.44. The fraction of sp³-hybridized carbons (Fsp3) is 0.312. The lowest BCUT2D eigenvalue weighted by molar-refractivity contribution is 0.0962. The monoisotopic (exact) mass is 664 g/mol. The zero-order chi connectivity index (χ0) is 28.3. The fourth-order valence-corrected chi connectivity index (χ4v) is 7.00. The molecule has 0 aliphatic carbocycles. The quantitative estimate of drug-likeness (QED) is 0.198. The molecule has 1 fully saturated rings. The summed E-state index contributed by atoms with van der Waals surface area (Å²) in [4.78, 5) is 20.2. The summed E-state index contributed by atoms with van der Waals surface area (Å²) in [5.41, 5.74) is 12.2. The molecule has 1 aliphatic heterocycles. The summed E-state index contributed by atoms with van der Waals surface area (Å²) in [5, 5.41) is 6.65.